The lowest BCUT2D eigenvalue weighted by Crippen LogP contribution is -2.41. The van der Waals surface area contributed by atoms with E-state index < -0.39 is 0 Å². The molecule has 0 heterocycles. The van der Waals surface area contributed by atoms with Crippen molar-refractivity contribution in [2.24, 2.45) is 11.8 Å². The van der Waals surface area contributed by atoms with Gasteiger partial charge in [0.25, 0.3) is 0 Å². The molecule has 4 aliphatic carbocycles. The Kier molecular flexibility index (Phi) is 1.88. The molecule has 0 N–H and O–H groups in total. The van der Waals surface area contributed by atoms with E-state index in [1.165, 1.54) is 20.1 Å². The van der Waals surface area contributed by atoms with Gasteiger partial charge in [0.2, 0.25) is 0 Å². The largest absolute Gasteiger partial charge is 0.0797 e. The van der Waals surface area contributed by atoms with Crippen molar-refractivity contribution in [3.05, 3.63) is 56.5 Å². The summed E-state index contributed by atoms with van der Waals surface area (Å²) >= 11 is 7.44. The lowest BCUT2D eigenvalue weighted by atomic mass is 9.55. The van der Waals surface area contributed by atoms with E-state index in [0.717, 1.165) is 0 Å². The predicted molar refractivity (Wildman–Crippen MR) is 72.9 cm³/mol. The number of allylic oxidation sites excluding steroid dienone is 4. The van der Waals surface area contributed by atoms with Crippen LogP contribution in [0.1, 0.15) is 23.0 Å². The summed E-state index contributed by atoms with van der Waals surface area (Å²) in [6.07, 6.45) is 4.80. The molecule has 0 unspecified atom stereocenters. The molecule has 0 saturated carbocycles. The van der Waals surface area contributed by atoms with Crippen molar-refractivity contribution in [2.75, 3.05) is 0 Å². The molecule has 0 radical (unpaired) electrons. The van der Waals surface area contributed by atoms with Crippen molar-refractivity contribution in [1.82, 2.24) is 0 Å². The van der Waals surface area contributed by atoms with Crippen molar-refractivity contribution in [2.45, 2.75) is 11.8 Å². The normalized spacial score (nSPS) is 38.1. The Morgan fingerprint density at radius 2 is 1.19 bits per heavy atom. The molecule has 5 rings (SSSR count). The maximum Gasteiger partial charge on any atom is 0.0102 e. The standard InChI is InChI=1S/C14H10Br2/c15-13-11-9-5-6-10(12(11)14(13)16)8-4-2-1-3-7(8)9/h1-6,9-12H/t9-,10+,11-,12-/m0/s1. The minimum Gasteiger partial charge on any atom is -0.0797 e. The van der Waals surface area contributed by atoms with Gasteiger partial charge in [-0.3, -0.25) is 0 Å². The van der Waals surface area contributed by atoms with E-state index in [-0.39, 0.29) is 0 Å². The van der Waals surface area contributed by atoms with Crippen LogP contribution in [0, 0.1) is 11.8 Å². The molecule has 1 aromatic carbocycles. The average molecular weight is 338 g/mol. The second-order valence-corrected chi connectivity index (χ2v) is 6.52. The van der Waals surface area contributed by atoms with Gasteiger partial charge in [-0.25, -0.2) is 0 Å². The average Bonchev–Trinajstić information content (AvgIpc) is 2.37. The number of hydrogen-bond donors (Lipinski definition) is 0. The van der Waals surface area contributed by atoms with Crippen molar-refractivity contribution in [3.8, 4) is 0 Å². The van der Waals surface area contributed by atoms with E-state index in [0.29, 0.717) is 23.7 Å². The molecule has 2 heteroatoms. The van der Waals surface area contributed by atoms with Crippen molar-refractivity contribution in [1.29, 1.82) is 0 Å². The number of rotatable bonds is 0. The lowest BCUT2D eigenvalue weighted by molar-refractivity contribution is 0.306. The zero-order valence-corrected chi connectivity index (χ0v) is 11.7. The summed E-state index contributed by atoms with van der Waals surface area (Å²) in [5.41, 5.74) is 3.07. The highest BCUT2D eigenvalue weighted by Gasteiger charge is 2.52. The van der Waals surface area contributed by atoms with E-state index in [1.807, 2.05) is 0 Å². The fraction of sp³-hybridized carbons (Fsp3) is 0.286. The third kappa shape index (κ3) is 0.964. The third-order valence-electron chi connectivity index (χ3n) is 4.21. The zero-order chi connectivity index (χ0) is 10.9. The lowest BCUT2D eigenvalue weighted by Gasteiger charge is -2.52. The Labute approximate surface area is 112 Å². The van der Waals surface area contributed by atoms with Gasteiger partial charge in [-0.2, -0.15) is 0 Å². The molecule has 0 amide bonds. The summed E-state index contributed by atoms with van der Waals surface area (Å²) in [4.78, 5) is 0. The topological polar surface area (TPSA) is 0 Å². The van der Waals surface area contributed by atoms with Crippen LogP contribution in [-0.2, 0) is 0 Å². The number of halogens is 2. The fourth-order valence-corrected chi connectivity index (χ4v) is 5.16. The molecular formula is C14H10Br2. The van der Waals surface area contributed by atoms with Gasteiger partial charge >= 0.3 is 0 Å². The molecule has 4 aliphatic rings. The Morgan fingerprint density at radius 3 is 1.62 bits per heavy atom. The second kappa shape index (κ2) is 3.11. The van der Waals surface area contributed by atoms with Crippen LogP contribution in [-0.4, -0.2) is 0 Å². The Morgan fingerprint density at radius 1 is 0.750 bits per heavy atom. The van der Waals surface area contributed by atoms with Gasteiger partial charge in [-0.05, 0) is 11.1 Å². The van der Waals surface area contributed by atoms with E-state index in [4.69, 9.17) is 0 Å². The van der Waals surface area contributed by atoms with Gasteiger partial charge < -0.3 is 0 Å². The highest BCUT2D eigenvalue weighted by atomic mass is 79.9. The quantitative estimate of drug-likeness (QED) is 0.603. The van der Waals surface area contributed by atoms with E-state index in [2.05, 4.69) is 68.3 Å². The monoisotopic (exact) mass is 336 g/mol. The summed E-state index contributed by atoms with van der Waals surface area (Å²) in [6, 6.07) is 8.90. The Bertz CT molecular complexity index is 494. The maximum atomic E-state index is 3.72. The Balaban J connectivity index is 1.95. The van der Waals surface area contributed by atoms with Crippen LogP contribution in [0.25, 0.3) is 0 Å². The molecule has 0 spiro atoms. The first kappa shape index (κ1) is 9.67. The molecule has 0 saturated heterocycles. The molecule has 0 fully saturated rings. The zero-order valence-electron chi connectivity index (χ0n) is 8.53. The molecule has 0 nitrogen and oxygen atoms in total. The SMILES string of the molecule is BrC1=C(Br)[C@@H]2[C@@H]1[C@@H]1C=C[C@H]2c2ccccc21. The third-order valence-corrected chi connectivity index (χ3v) is 6.66. The van der Waals surface area contributed by atoms with Gasteiger partial charge in [0.05, 0.1) is 0 Å². The summed E-state index contributed by atoms with van der Waals surface area (Å²) in [5, 5.41) is 0. The molecule has 80 valence electrons. The van der Waals surface area contributed by atoms with Crippen LogP contribution in [0.15, 0.2) is 45.4 Å². The van der Waals surface area contributed by atoms with Crippen LogP contribution in [0.4, 0.5) is 0 Å². The fourth-order valence-electron chi connectivity index (χ4n) is 3.49. The second-order valence-electron chi connectivity index (χ2n) is 4.81. The molecular weight excluding hydrogens is 328 g/mol. The summed E-state index contributed by atoms with van der Waals surface area (Å²) in [5.74, 6) is 2.53. The van der Waals surface area contributed by atoms with Crippen LogP contribution in [0.3, 0.4) is 0 Å². The van der Waals surface area contributed by atoms with Gasteiger partial charge in [0.15, 0.2) is 0 Å². The highest BCUT2D eigenvalue weighted by molar-refractivity contribution is 9.14. The summed E-state index contributed by atoms with van der Waals surface area (Å²) < 4.78 is 2.76. The van der Waals surface area contributed by atoms with E-state index >= 15 is 0 Å². The maximum absolute atomic E-state index is 3.72. The molecule has 2 bridgehead atoms. The number of benzene rings is 1. The van der Waals surface area contributed by atoms with Gasteiger partial charge in [-0.1, -0.05) is 68.3 Å². The molecule has 16 heavy (non-hydrogen) atoms. The van der Waals surface area contributed by atoms with E-state index in [9.17, 15) is 0 Å². The predicted octanol–water partition coefficient (Wildman–Crippen LogP) is 4.68. The van der Waals surface area contributed by atoms with Gasteiger partial charge in [0.1, 0.15) is 0 Å². The van der Waals surface area contributed by atoms with Gasteiger partial charge in [0, 0.05) is 32.6 Å². The first-order chi connectivity index (χ1) is 7.79. The first-order valence-electron chi connectivity index (χ1n) is 5.61. The van der Waals surface area contributed by atoms with Crippen LogP contribution >= 0.6 is 31.9 Å². The van der Waals surface area contributed by atoms with Crippen molar-refractivity contribution in [3.63, 3.8) is 0 Å². The molecule has 1 aromatic rings. The van der Waals surface area contributed by atoms with E-state index in [1.54, 1.807) is 0 Å². The highest BCUT2D eigenvalue weighted by Crippen LogP contribution is 2.65. The van der Waals surface area contributed by atoms with Crippen LogP contribution in [0.5, 0.6) is 0 Å². The molecule has 0 aliphatic heterocycles. The smallest absolute Gasteiger partial charge is 0.0102 e. The molecule has 4 atom stereocenters. The van der Waals surface area contributed by atoms with Crippen LogP contribution < -0.4 is 0 Å². The minimum absolute atomic E-state index is 0.585. The number of hydrogen-bond acceptors (Lipinski definition) is 0. The summed E-state index contributed by atoms with van der Waals surface area (Å²) in [7, 11) is 0. The Hall–Kier alpha value is -0.340. The summed E-state index contributed by atoms with van der Waals surface area (Å²) in [6.45, 7) is 0. The van der Waals surface area contributed by atoms with Crippen LogP contribution in [0.2, 0.25) is 0 Å². The minimum atomic E-state index is 0.585. The van der Waals surface area contributed by atoms with Crippen molar-refractivity contribution < 1.29 is 0 Å². The van der Waals surface area contributed by atoms with Crippen molar-refractivity contribution >= 4 is 31.9 Å². The first-order valence-corrected chi connectivity index (χ1v) is 7.20. The molecule has 0 aromatic heterocycles. The van der Waals surface area contributed by atoms with Gasteiger partial charge in [-0.15, -0.1) is 0 Å².